The number of hydrogen-bond acceptors (Lipinski definition) is 5. The van der Waals surface area contributed by atoms with Crippen molar-refractivity contribution in [2.75, 3.05) is 12.4 Å². The van der Waals surface area contributed by atoms with Gasteiger partial charge in [0.1, 0.15) is 5.65 Å². The summed E-state index contributed by atoms with van der Waals surface area (Å²) in [5.41, 5.74) is 3.56. The number of nitrogens with one attached hydrogen (secondary N) is 2. The summed E-state index contributed by atoms with van der Waals surface area (Å²) in [5, 5.41) is 4.29. The van der Waals surface area contributed by atoms with Crippen LogP contribution in [0.1, 0.15) is 31.4 Å². The molecule has 0 bridgehead atoms. The van der Waals surface area contributed by atoms with Crippen molar-refractivity contribution in [1.29, 1.82) is 0 Å². The highest BCUT2D eigenvalue weighted by atomic mass is 19.1. The smallest absolute Gasteiger partial charge is 0.224 e. The maximum absolute atomic E-state index is 14.5. The number of nitrogens with zero attached hydrogens (tertiary/aromatic N) is 4. The zero-order valence-electron chi connectivity index (χ0n) is 16.4. The molecule has 1 fully saturated rings. The summed E-state index contributed by atoms with van der Waals surface area (Å²) in [4.78, 5) is 16.4. The molecule has 1 saturated carbocycles. The molecule has 0 atom stereocenters. The van der Waals surface area contributed by atoms with E-state index in [0.29, 0.717) is 23.7 Å². The van der Waals surface area contributed by atoms with Gasteiger partial charge in [0.2, 0.25) is 5.95 Å². The number of ether oxygens (including phenoxy) is 1. The topological polar surface area (TPSA) is 80.1 Å². The van der Waals surface area contributed by atoms with Crippen LogP contribution in [0.5, 0.6) is 0 Å². The second-order valence-corrected chi connectivity index (χ2v) is 7.68. The van der Waals surface area contributed by atoms with Crippen LogP contribution in [-0.2, 0) is 4.74 Å². The minimum atomic E-state index is -0.351. The lowest BCUT2D eigenvalue weighted by atomic mass is 9.93. The molecule has 29 heavy (non-hydrogen) atoms. The maximum atomic E-state index is 14.5. The summed E-state index contributed by atoms with van der Waals surface area (Å²) < 4.78 is 21.7. The first-order valence-electron chi connectivity index (χ1n) is 9.89. The standard InChI is InChI=1S/C21H23FN6O/c1-12-8-24-20-18(22)7-13(11-28(12)20)16-9-23-19-17(16)10-25-21(27-19)26-14-3-5-15(29-2)6-4-14/h7-11,14-15H,3-6H2,1-2H3,(H2,23,25,26,27). The normalized spacial score (nSPS) is 19.8. The monoisotopic (exact) mass is 394 g/mol. The van der Waals surface area contributed by atoms with E-state index in [9.17, 15) is 4.39 Å². The Labute approximate surface area is 167 Å². The lowest BCUT2D eigenvalue weighted by molar-refractivity contribution is 0.0681. The van der Waals surface area contributed by atoms with Gasteiger partial charge in [-0.2, -0.15) is 4.98 Å². The van der Waals surface area contributed by atoms with Crippen LogP contribution in [0.25, 0.3) is 27.8 Å². The maximum Gasteiger partial charge on any atom is 0.224 e. The minimum absolute atomic E-state index is 0.331. The number of anilines is 1. The average Bonchev–Trinajstić information content (AvgIpc) is 3.32. The molecule has 1 aliphatic carbocycles. The van der Waals surface area contributed by atoms with E-state index in [1.807, 2.05) is 19.3 Å². The number of fused-ring (bicyclic) bond motifs is 2. The van der Waals surface area contributed by atoms with Gasteiger partial charge >= 0.3 is 0 Å². The third-order valence-corrected chi connectivity index (χ3v) is 5.83. The Morgan fingerprint density at radius 1 is 1.21 bits per heavy atom. The number of methoxy groups -OCH3 is 1. The van der Waals surface area contributed by atoms with Gasteiger partial charge in [-0.1, -0.05) is 0 Å². The van der Waals surface area contributed by atoms with Gasteiger partial charge < -0.3 is 19.4 Å². The van der Waals surface area contributed by atoms with Crippen LogP contribution >= 0.6 is 0 Å². The lowest BCUT2D eigenvalue weighted by Crippen LogP contribution is -2.29. The Hall–Kier alpha value is -3.00. The number of halogens is 1. The van der Waals surface area contributed by atoms with E-state index in [-0.39, 0.29) is 5.82 Å². The van der Waals surface area contributed by atoms with Gasteiger partial charge in [-0.25, -0.2) is 14.4 Å². The second-order valence-electron chi connectivity index (χ2n) is 7.68. The Morgan fingerprint density at radius 3 is 2.83 bits per heavy atom. The zero-order valence-corrected chi connectivity index (χ0v) is 16.4. The van der Waals surface area contributed by atoms with Gasteiger partial charge in [0.05, 0.1) is 6.10 Å². The fraction of sp³-hybridized carbons (Fsp3) is 0.381. The first-order valence-corrected chi connectivity index (χ1v) is 9.89. The van der Waals surface area contributed by atoms with Crippen molar-refractivity contribution in [2.45, 2.75) is 44.8 Å². The predicted molar refractivity (Wildman–Crippen MR) is 109 cm³/mol. The van der Waals surface area contributed by atoms with E-state index in [4.69, 9.17) is 4.74 Å². The molecule has 5 rings (SSSR count). The molecule has 0 aliphatic heterocycles. The van der Waals surface area contributed by atoms with Crippen molar-refractivity contribution in [1.82, 2.24) is 24.3 Å². The van der Waals surface area contributed by atoms with Gasteiger partial charge in [-0.15, -0.1) is 0 Å². The largest absolute Gasteiger partial charge is 0.381 e. The first kappa shape index (κ1) is 18.1. The van der Waals surface area contributed by atoms with Crippen LogP contribution < -0.4 is 5.32 Å². The van der Waals surface area contributed by atoms with Gasteiger partial charge in [0.25, 0.3) is 0 Å². The summed E-state index contributed by atoms with van der Waals surface area (Å²) in [5.74, 6) is 0.259. The highest BCUT2D eigenvalue weighted by Gasteiger charge is 2.21. The van der Waals surface area contributed by atoms with E-state index in [2.05, 4.69) is 25.3 Å². The molecule has 4 heterocycles. The Bertz CT molecular complexity index is 1170. The van der Waals surface area contributed by atoms with Crippen molar-refractivity contribution in [3.05, 3.63) is 42.4 Å². The minimum Gasteiger partial charge on any atom is -0.381 e. The molecule has 0 saturated heterocycles. The fourth-order valence-electron chi connectivity index (χ4n) is 4.15. The Morgan fingerprint density at radius 2 is 2.03 bits per heavy atom. The first-order chi connectivity index (χ1) is 14.1. The molecule has 1 aliphatic rings. The SMILES string of the molecule is COC1CCC(Nc2ncc3c(-c4cc(F)c5ncc(C)n5c4)c[nH]c3n2)CC1. The van der Waals surface area contributed by atoms with E-state index < -0.39 is 0 Å². The number of imidazole rings is 1. The number of aryl methyl sites for hydroxylation is 1. The molecule has 0 radical (unpaired) electrons. The third-order valence-electron chi connectivity index (χ3n) is 5.83. The average molecular weight is 394 g/mol. The van der Waals surface area contributed by atoms with E-state index >= 15 is 0 Å². The van der Waals surface area contributed by atoms with Crippen LogP contribution in [0.3, 0.4) is 0 Å². The molecule has 8 heteroatoms. The van der Waals surface area contributed by atoms with Crippen LogP contribution in [0.4, 0.5) is 10.3 Å². The number of rotatable bonds is 4. The Kier molecular flexibility index (Phi) is 4.43. The van der Waals surface area contributed by atoms with Crippen LogP contribution in [0.15, 0.2) is 30.9 Å². The van der Waals surface area contributed by atoms with Crippen molar-refractivity contribution in [2.24, 2.45) is 0 Å². The lowest BCUT2D eigenvalue weighted by Gasteiger charge is -2.28. The highest BCUT2D eigenvalue weighted by Crippen LogP contribution is 2.30. The van der Waals surface area contributed by atoms with Crippen molar-refractivity contribution >= 4 is 22.6 Å². The molecule has 2 N–H and O–H groups in total. The van der Waals surface area contributed by atoms with Gasteiger partial charge in [-0.05, 0) is 38.7 Å². The molecule has 7 nitrogen and oxygen atoms in total. The highest BCUT2D eigenvalue weighted by molar-refractivity contribution is 5.93. The van der Waals surface area contributed by atoms with Crippen molar-refractivity contribution in [3.8, 4) is 11.1 Å². The summed E-state index contributed by atoms with van der Waals surface area (Å²) in [7, 11) is 1.77. The third kappa shape index (κ3) is 3.23. The van der Waals surface area contributed by atoms with Crippen LogP contribution in [0, 0.1) is 12.7 Å². The zero-order chi connectivity index (χ0) is 20.0. The number of aromatic nitrogens is 5. The van der Waals surface area contributed by atoms with Crippen molar-refractivity contribution in [3.63, 3.8) is 0 Å². The summed E-state index contributed by atoms with van der Waals surface area (Å²) in [6.45, 7) is 1.90. The van der Waals surface area contributed by atoms with Crippen LogP contribution in [0.2, 0.25) is 0 Å². The fourth-order valence-corrected chi connectivity index (χ4v) is 4.15. The molecular formula is C21H23FN6O. The van der Waals surface area contributed by atoms with E-state index in [1.165, 1.54) is 6.07 Å². The summed E-state index contributed by atoms with van der Waals surface area (Å²) in [6.07, 6.45) is 11.7. The van der Waals surface area contributed by atoms with Crippen LogP contribution in [-0.4, -0.2) is 43.6 Å². The van der Waals surface area contributed by atoms with Crippen molar-refractivity contribution < 1.29 is 9.13 Å². The quantitative estimate of drug-likeness (QED) is 0.545. The summed E-state index contributed by atoms with van der Waals surface area (Å²) >= 11 is 0. The van der Waals surface area contributed by atoms with Gasteiger partial charge in [-0.3, -0.25) is 0 Å². The number of aromatic amines is 1. The predicted octanol–water partition coefficient (Wildman–Crippen LogP) is 4.09. The van der Waals surface area contributed by atoms with E-state index in [1.54, 1.807) is 23.9 Å². The molecule has 4 aromatic heterocycles. The molecule has 4 aromatic rings. The molecule has 0 amide bonds. The second kappa shape index (κ2) is 7.11. The number of pyridine rings is 1. The number of hydrogen-bond donors (Lipinski definition) is 2. The molecule has 0 spiro atoms. The molecule has 0 unspecified atom stereocenters. The molecule has 150 valence electrons. The van der Waals surface area contributed by atoms with Gasteiger partial charge in [0, 0.05) is 60.1 Å². The van der Waals surface area contributed by atoms with E-state index in [0.717, 1.165) is 53.5 Å². The number of H-pyrrole nitrogens is 1. The molecule has 0 aromatic carbocycles. The van der Waals surface area contributed by atoms with Gasteiger partial charge in [0.15, 0.2) is 11.5 Å². The Balaban J connectivity index is 1.43. The summed E-state index contributed by atoms with van der Waals surface area (Å²) in [6, 6.07) is 1.86. The molecular weight excluding hydrogens is 371 g/mol.